The van der Waals surface area contributed by atoms with Gasteiger partial charge in [0, 0.05) is 48.9 Å². The molecule has 36 heavy (non-hydrogen) atoms. The predicted molar refractivity (Wildman–Crippen MR) is 139 cm³/mol. The van der Waals surface area contributed by atoms with Crippen molar-refractivity contribution in [2.24, 2.45) is 0 Å². The van der Waals surface area contributed by atoms with Crippen molar-refractivity contribution >= 4 is 29.5 Å². The van der Waals surface area contributed by atoms with Gasteiger partial charge in [-0.3, -0.25) is 14.9 Å². The minimum absolute atomic E-state index is 0.123. The molecule has 1 fully saturated rings. The van der Waals surface area contributed by atoms with Gasteiger partial charge in [0.15, 0.2) is 0 Å². The van der Waals surface area contributed by atoms with E-state index in [1.807, 2.05) is 49.5 Å². The maximum Gasteiger partial charge on any atom is 0.324 e. The van der Waals surface area contributed by atoms with Crippen LogP contribution in [0.2, 0.25) is 0 Å². The Morgan fingerprint density at radius 1 is 1.06 bits per heavy atom. The number of hydrogen-bond donors (Lipinski definition) is 4. The molecule has 0 aromatic heterocycles. The van der Waals surface area contributed by atoms with Crippen LogP contribution in [-0.4, -0.2) is 61.6 Å². The number of nitrogens with zero attached hydrogens (tertiary/aromatic N) is 2. The molecule has 0 atom stereocenters. The van der Waals surface area contributed by atoms with Crippen molar-refractivity contribution in [3.63, 3.8) is 0 Å². The van der Waals surface area contributed by atoms with Gasteiger partial charge in [-0.05, 0) is 47.0 Å². The molecule has 3 aromatic rings. The van der Waals surface area contributed by atoms with Crippen LogP contribution in [0.25, 0.3) is 11.1 Å². The van der Waals surface area contributed by atoms with Crippen LogP contribution in [0.4, 0.5) is 16.2 Å². The van der Waals surface area contributed by atoms with Crippen LogP contribution in [0.5, 0.6) is 0 Å². The molecule has 9 nitrogen and oxygen atoms in total. The summed E-state index contributed by atoms with van der Waals surface area (Å²) in [7, 11) is 1.82. The van der Waals surface area contributed by atoms with Crippen LogP contribution >= 0.6 is 0 Å². The smallest absolute Gasteiger partial charge is 0.324 e. The summed E-state index contributed by atoms with van der Waals surface area (Å²) < 4.78 is 5.42. The number of ether oxygens (including phenoxy) is 1. The second-order valence-electron chi connectivity index (χ2n) is 8.35. The number of amides is 3. The minimum Gasteiger partial charge on any atom is -0.388 e. The molecule has 0 saturated carbocycles. The summed E-state index contributed by atoms with van der Waals surface area (Å²) in [6, 6.07) is 20.3. The van der Waals surface area contributed by atoms with Gasteiger partial charge in [-0.15, -0.1) is 0 Å². The number of carbonyl (C=O) groups is 2. The van der Waals surface area contributed by atoms with E-state index in [1.54, 1.807) is 39.5 Å². The van der Waals surface area contributed by atoms with Crippen molar-refractivity contribution < 1.29 is 19.5 Å². The fraction of sp³-hybridized carbons (Fsp3) is 0.222. The molecule has 0 bridgehead atoms. The fourth-order valence-electron chi connectivity index (χ4n) is 4.13. The van der Waals surface area contributed by atoms with Crippen molar-refractivity contribution in [2.45, 2.75) is 6.54 Å². The number of nitrogens with one attached hydrogen (secondary N) is 3. The third kappa shape index (κ3) is 5.54. The van der Waals surface area contributed by atoms with E-state index in [-0.39, 0.29) is 6.03 Å². The highest BCUT2D eigenvalue weighted by Crippen LogP contribution is 2.29. The molecular formula is C27H29N5O4. The van der Waals surface area contributed by atoms with Crippen molar-refractivity contribution in [3.05, 3.63) is 83.4 Å². The fourth-order valence-corrected chi connectivity index (χ4v) is 4.13. The van der Waals surface area contributed by atoms with Crippen LogP contribution in [0, 0.1) is 5.41 Å². The quantitative estimate of drug-likeness (QED) is 0.229. The van der Waals surface area contributed by atoms with Gasteiger partial charge < -0.3 is 20.4 Å². The van der Waals surface area contributed by atoms with Gasteiger partial charge in [0.1, 0.15) is 0 Å². The molecule has 0 spiro atoms. The third-order valence-corrected chi connectivity index (χ3v) is 6.14. The lowest BCUT2D eigenvalue weighted by molar-refractivity contribution is 0.0548. The first kappa shape index (κ1) is 24.9. The normalized spacial score (nSPS) is 13.1. The monoisotopic (exact) mass is 487 g/mol. The number of rotatable bonds is 7. The molecule has 1 aliphatic rings. The molecule has 1 aliphatic heterocycles. The molecule has 0 unspecified atom stereocenters. The average Bonchev–Trinajstić information content (AvgIpc) is 2.95. The van der Waals surface area contributed by atoms with E-state index in [0.717, 1.165) is 33.6 Å². The average molecular weight is 488 g/mol. The SMILES string of the molecule is CNc1cc(-c2cccc(N(Cc3ccc(C(=O)NO)cc3)C(=O)N3CCOCC3)c2)ccc1C=N. The van der Waals surface area contributed by atoms with E-state index in [1.165, 1.54) is 6.21 Å². The van der Waals surface area contributed by atoms with E-state index in [0.29, 0.717) is 38.4 Å². The van der Waals surface area contributed by atoms with E-state index in [9.17, 15) is 9.59 Å². The van der Waals surface area contributed by atoms with E-state index >= 15 is 0 Å². The number of hydrogen-bond acceptors (Lipinski definition) is 6. The number of carbonyl (C=O) groups excluding carboxylic acids is 2. The van der Waals surface area contributed by atoms with Crippen LogP contribution in [0.1, 0.15) is 21.5 Å². The predicted octanol–water partition coefficient (Wildman–Crippen LogP) is 3.97. The number of hydroxylamine groups is 1. The number of urea groups is 1. The standard InChI is InChI=1S/C27H29N5O4/c1-29-25-16-22(9-10-23(25)17-28)21-3-2-4-24(15-21)32(27(34)31-11-13-36-14-12-31)18-19-5-7-20(8-6-19)26(33)30-35/h2-10,15-17,28-29,35H,11-14,18H2,1H3,(H,30,33). The Morgan fingerprint density at radius 3 is 2.44 bits per heavy atom. The van der Waals surface area contributed by atoms with Gasteiger partial charge in [-0.2, -0.15) is 0 Å². The first-order valence-corrected chi connectivity index (χ1v) is 11.6. The first-order chi connectivity index (χ1) is 17.5. The van der Waals surface area contributed by atoms with E-state index in [4.69, 9.17) is 15.4 Å². The molecule has 9 heteroatoms. The highest BCUT2D eigenvalue weighted by molar-refractivity contribution is 5.94. The molecule has 0 radical (unpaired) electrons. The lowest BCUT2D eigenvalue weighted by Crippen LogP contribution is -2.48. The van der Waals surface area contributed by atoms with Gasteiger partial charge in [-0.1, -0.05) is 36.4 Å². The Morgan fingerprint density at radius 2 is 1.78 bits per heavy atom. The number of morpholine rings is 1. The maximum atomic E-state index is 13.6. The summed E-state index contributed by atoms with van der Waals surface area (Å²) in [5, 5.41) is 19.6. The van der Waals surface area contributed by atoms with Gasteiger partial charge in [-0.25, -0.2) is 10.3 Å². The highest BCUT2D eigenvalue weighted by atomic mass is 16.5. The Balaban J connectivity index is 1.68. The summed E-state index contributed by atoms with van der Waals surface area (Å²) in [6.45, 7) is 2.32. The summed E-state index contributed by atoms with van der Waals surface area (Å²) in [5.41, 5.74) is 7.07. The first-order valence-electron chi connectivity index (χ1n) is 11.6. The second kappa shape index (κ2) is 11.5. The Bertz CT molecular complexity index is 1240. The Labute approximate surface area is 209 Å². The zero-order chi connectivity index (χ0) is 25.5. The van der Waals surface area contributed by atoms with Crippen LogP contribution in [0.3, 0.4) is 0 Å². The van der Waals surface area contributed by atoms with Crippen molar-refractivity contribution in [3.8, 4) is 11.1 Å². The Hall–Kier alpha value is -4.21. The summed E-state index contributed by atoms with van der Waals surface area (Å²) >= 11 is 0. The zero-order valence-electron chi connectivity index (χ0n) is 20.0. The molecular weight excluding hydrogens is 458 g/mol. The van der Waals surface area contributed by atoms with Crippen molar-refractivity contribution in [1.82, 2.24) is 10.4 Å². The molecule has 1 saturated heterocycles. The molecule has 4 rings (SSSR count). The molecule has 1 heterocycles. The largest absolute Gasteiger partial charge is 0.388 e. The maximum absolute atomic E-state index is 13.6. The van der Waals surface area contributed by atoms with Gasteiger partial charge in [0.25, 0.3) is 5.91 Å². The third-order valence-electron chi connectivity index (χ3n) is 6.14. The Kier molecular flexibility index (Phi) is 7.94. The lowest BCUT2D eigenvalue weighted by Gasteiger charge is -2.33. The summed E-state index contributed by atoms with van der Waals surface area (Å²) in [6.07, 6.45) is 1.31. The van der Waals surface area contributed by atoms with Gasteiger partial charge >= 0.3 is 6.03 Å². The van der Waals surface area contributed by atoms with Crippen LogP contribution in [0.15, 0.2) is 66.7 Å². The lowest BCUT2D eigenvalue weighted by atomic mass is 10.0. The topological polar surface area (TPSA) is 118 Å². The van der Waals surface area contributed by atoms with Crippen molar-refractivity contribution in [2.75, 3.05) is 43.6 Å². The van der Waals surface area contributed by atoms with Crippen LogP contribution < -0.4 is 15.7 Å². The molecule has 3 aromatic carbocycles. The van der Waals surface area contributed by atoms with E-state index in [2.05, 4.69) is 5.32 Å². The van der Waals surface area contributed by atoms with Gasteiger partial charge in [0.05, 0.1) is 19.8 Å². The summed E-state index contributed by atoms with van der Waals surface area (Å²) in [5.74, 6) is -0.592. The van der Waals surface area contributed by atoms with Crippen LogP contribution in [-0.2, 0) is 11.3 Å². The molecule has 186 valence electrons. The summed E-state index contributed by atoms with van der Waals surface area (Å²) in [4.78, 5) is 28.8. The zero-order valence-corrected chi connectivity index (χ0v) is 20.0. The number of benzene rings is 3. The van der Waals surface area contributed by atoms with E-state index < -0.39 is 5.91 Å². The minimum atomic E-state index is -0.592. The number of anilines is 2. The second-order valence-corrected chi connectivity index (χ2v) is 8.35. The molecule has 4 N–H and O–H groups in total. The molecule has 0 aliphatic carbocycles. The molecule has 3 amide bonds. The van der Waals surface area contributed by atoms with Crippen molar-refractivity contribution in [1.29, 1.82) is 5.41 Å². The van der Waals surface area contributed by atoms with Gasteiger partial charge in [0.2, 0.25) is 0 Å². The highest BCUT2D eigenvalue weighted by Gasteiger charge is 2.25.